The Morgan fingerprint density at radius 1 is 1.03 bits per heavy atom. The smallest absolute Gasteiger partial charge is 0.248 e. The van der Waals surface area contributed by atoms with Crippen LogP contribution in [0.1, 0.15) is 49.1 Å². The second-order valence-electron chi connectivity index (χ2n) is 9.37. The van der Waals surface area contributed by atoms with Crippen LogP contribution in [-0.4, -0.2) is 60.2 Å². The maximum absolute atomic E-state index is 13.0. The molecule has 1 aliphatic heterocycles. The topological polar surface area (TPSA) is 53.0 Å². The first-order valence-corrected chi connectivity index (χ1v) is 12.0. The van der Waals surface area contributed by atoms with Gasteiger partial charge in [0.05, 0.1) is 0 Å². The predicted octanol–water partition coefficient (Wildman–Crippen LogP) is 4.42. The Kier molecular flexibility index (Phi) is 7.82. The van der Waals surface area contributed by atoms with Crippen molar-refractivity contribution in [2.45, 2.75) is 50.6 Å². The van der Waals surface area contributed by atoms with Gasteiger partial charge in [-0.05, 0) is 30.4 Å². The molecule has 32 heavy (non-hydrogen) atoms. The Morgan fingerprint density at radius 2 is 1.75 bits per heavy atom. The average Bonchev–Trinajstić information content (AvgIpc) is 3.22. The quantitative estimate of drug-likeness (QED) is 0.666. The lowest BCUT2D eigenvalue weighted by Crippen LogP contribution is -2.46. The first kappa shape index (κ1) is 22.8. The van der Waals surface area contributed by atoms with Crippen molar-refractivity contribution in [2.24, 2.45) is 5.92 Å². The number of aromatic hydroxyl groups is 1. The van der Waals surface area contributed by atoms with Gasteiger partial charge in [-0.1, -0.05) is 67.8 Å². The molecule has 1 amide bonds. The van der Waals surface area contributed by atoms with Gasteiger partial charge in [0.2, 0.25) is 5.91 Å². The second-order valence-corrected chi connectivity index (χ2v) is 9.37. The van der Waals surface area contributed by atoms with Crippen molar-refractivity contribution in [3.63, 3.8) is 0 Å². The summed E-state index contributed by atoms with van der Waals surface area (Å²) in [5, 5.41) is 10.3. The number of amides is 1. The molecule has 0 radical (unpaired) electrons. The maximum Gasteiger partial charge on any atom is 0.248 e. The molecule has 2 fully saturated rings. The summed E-state index contributed by atoms with van der Waals surface area (Å²) in [6, 6.07) is 18.6. The molecule has 2 unspecified atom stereocenters. The zero-order valence-corrected chi connectivity index (χ0v) is 19.2. The molecule has 1 N–H and O–H groups in total. The van der Waals surface area contributed by atoms with Crippen LogP contribution < -0.4 is 0 Å². The second kappa shape index (κ2) is 11.0. The van der Waals surface area contributed by atoms with Gasteiger partial charge in [0.15, 0.2) is 0 Å². The lowest BCUT2D eigenvalue weighted by Gasteiger charge is -2.37. The van der Waals surface area contributed by atoms with Crippen LogP contribution >= 0.6 is 0 Å². The number of para-hydroxylation sites is 1. The molecule has 2 atom stereocenters. The van der Waals surface area contributed by atoms with Crippen LogP contribution in [0, 0.1) is 5.92 Å². The Hall–Kier alpha value is -2.37. The highest BCUT2D eigenvalue weighted by molar-refractivity contribution is 5.77. The van der Waals surface area contributed by atoms with Gasteiger partial charge < -0.3 is 14.7 Å². The summed E-state index contributed by atoms with van der Waals surface area (Å²) in [6.45, 7) is 3.49. The summed E-state index contributed by atoms with van der Waals surface area (Å²) < 4.78 is 5.24. The van der Waals surface area contributed by atoms with Gasteiger partial charge in [-0.15, -0.1) is 0 Å². The van der Waals surface area contributed by atoms with Crippen molar-refractivity contribution >= 4 is 5.91 Å². The number of likely N-dealkylation sites (tertiary alicyclic amines) is 1. The Bertz CT molecular complexity index is 866. The van der Waals surface area contributed by atoms with Gasteiger partial charge in [0.1, 0.15) is 12.4 Å². The fraction of sp³-hybridized carbons (Fsp3) is 0.519. The van der Waals surface area contributed by atoms with Gasteiger partial charge >= 0.3 is 0 Å². The number of carbonyl (C=O) groups is 1. The molecule has 5 heteroatoms. The van der Waals surface area contributed by atoms with E-state index in [1.165, 1.54) is 24.8 Å². The molecule has 2 aromatic carbocycles. The van der Waals surface area contributed by atoms with Crippen molar-refractivity contribution < 1.29 is 14.6 Å². The van der Waals surface area contributed by atoms with Gasteiger partial charge in [-0.3, -0.25) is 9.69 Å². The van der Waals surface area contributed by atoms with Gasteiger partial charge in [0.25, 0.3) is 0 Å². The number of rotatable bonds is 8. The lowest BCUT2D eigenvalue weighted by molar-refractivity contribution is -0.139. The van der Waals surface area contributed by atoms with E-state index in [1.54, 1.807) is 13.2 Å². The molecule has 1 heterocycles. The van der Waals surface area contributed by atoms with E-state index in [2.05, 4.69) is 40.1 Å². The van der Waals surface area contributed by atoms with Crippen LogP contribution in [0.15, 0.2) is 54.6 Å². The summed E-state index contributed by atoms with van der Waals surface area (Å²) in [7, 11) is 1.60. The normalized spacial score (nSPS) is 22.2. The summed E-state index contributed by atoms with van der Waals surface area (Å²) >= 11 is 0. The fourth-order valence-electron chi connectivity index (χ4n) is 5.54. The van der Waals surface area contributed by atoms with Crippen LogP contribution in [0.25, 0.3) is 0 Å². The molecule has 0 spiro atoms. The highest BCUT2D eigenvalue weighted by Gasteiger charge is 2.37. The van der Waals surface area contributed by atoms with Crippen LogP contribution in [0.3, 0.4) is 0 Å². The zero-order valence-electron chi connectivity index (χ0n) is 19.2. The monoisotopic (exact) mass is 436 g/mol. The summed E-state index contributed by atoms with van der Waals surface area (Å²) in [5.41, 5.74) is 2.29. The number of hydrogen-bond donors (Lipinski definition) is 1. The molecule has 172 valence electrons. The van der Waals surface area contributed by atoms with Crippen LogP contribution in [0.4, 0.5) is 0 Å². The molecule has 2 aliphatic rings. The van der Waals surface area contributed by atoms with E-state index in [9.17, 15) is 9.90 Å². The highest BCUT2D eigenvalue weighted by atomic mass is 16.5. The molecule has 4 rings (SSSR count). The highest BCUT2D eigenvalue weighted by Crippen LogP contribution is 2.36. The number of methoxy groups -OCH3 is 1. The summed E-state index contributed by atoms with van der Waals surface area (Å²) in [4.78, 5) is 17.6. The van der Waals surface area contributed by atoms with Crippen molar-refractivity contribution in [2.75, 3.05) is 33.4 Å². The van der Waals surface area contributed by atoms with E-state index >= 15 is 0 Å². The van der Waals surface area contributed by atoms with E-state index in [4.69, 9.17) is 4.74 Å². The third-order valence-electron chi connectivity index (χ3n) is 7.16. The minimum atomic E-state index is 0.116. The minimum absolute atomic E-state index is 0.116. The number of carbonyl (C=O) groups excluding carboxylic acids is 1. The molecule has 1 aliphatic carbocycles. The van der Waals surface area contributed by atoms with E-state index < -0.39 is 0 Å². The van der Waals surface area contributed by atoms with Crippen molar-refractivity contribution in [1.82, 2.24) is 9.80 Å². The maximum atomic E-state index is 13.0. The number of benzene rings is 2. The van der Waals surface area contributed by atoms with Crippen LogP contribution in [-0.2, 0) is 16.1 Å². The van der Waals surface area contributed by atoms with Gasteiger partial charge in [-0.2, -0.15) is 0 Å². The third kappa shape index (κ3) is 5.51. The summed E-state index contributed by atoms with van der Waals surface area (Å²) in [6.07, 6.45) is 5.87. The van der Waals surface area contributed by atoms with E-state index in [-0.39, 0.29) is 12.5 Å². The van der Waals surface area contributed by atoms with Gasteiger partial charge in [0, 0.05) is 50.8 Å². The molecule has 1 saturated carbocycles. The number of hydrogen-bond acceptors (Lipinski definition) is 4. The summed E-state index contributed by atoms with van der Waals surface area (Å²) in [5.74, 6) is 1.19. The Morgan fingerprint density at radius 3 is 2.47 bits per heavy atom. The van der Waals surface area contributed by atoms with Crippen molar-refractivity contribution in [1.29, 1.82) is 0 Å². The fourth-order valence-corrected chi connectivity index (χ4v) is 5.54. The van der Waals surface area contributed by atoms with E-state index in [1.807, 2.05) is 18.2 Å². The van der Waals surface area contributed by atoms with Crippen LogP contribution in [0.5, 0.6) is 5.75 Å². The standard InChI is InChI=1S/C27H36N2O3/c1-32-20-27(31)29(24-13-6-3-7-14-24)18-23-17-28(16-22-12-8-9-15-26(22)30)19-25(23)21-10-4-2-5-11-21/h2,4-5,8-12,15,23-25,30H,3,6-7,13-14,16-20H2,1H3. The Labute approximate surface area is 192 Å². The lowest BCUT2D eigenvalue weighted by atomic mass is 9.87. The first-order valence-electron chi connectivity index (χ1n) is 12.0. The molecule has 0 bridgehead atoms. The average molecular weight is 437 g/mol. The molecule has 2 aromatic rings. The largest absolute Gasteiger partial charge is 0.508 e. The minimum Gasteiger partial charge on any atom is -0.508 e. The predicted molar refractivity (Wildman–Crippen MR) is 127 cm³/mol. The van der Waals surface area contributed by atoms with Crippen molar-refractivity contribution in [3.05, 3.63) is 65.7 Å². The number of phenols is 1. The Balaban J connectivity index is 1.55. The zero-order chi connectivity index (χ0) is 22.3. The first-order chi connectivity index (χ1) is 15.7. The number of phenolic OH excluding ortho intramolecular Hbond substituents is 1. The number of nitrogens with zero attached hydrogens (tertiary/aromatic N) is 2. The third-order valence-corrected chi connectivity index (χ3v) is 7.16. The van der Waals surface area contributed by atoms with E-state index in [0.29, 0.717) is 23.6 Å². The molecule has 0 aromatic heterocycles. The van der Waals surface area contributed by atoms with Gasteiger partial charge in [-0.25, -0.2) is 0 Å². The van der Waals surface area contributed by atoms with E-state index in [0.717, 1.165) is 44.6 Å². The molecular formula is C27H36N2O3. The number of ether oxygens (including phenoxy) is 1. The molecule has 1 saturated heterocycles. The molecule has 5 nitrogen and oxygen atoms in total. The van der Waals surface area contributed by atoms with Crippen molar-refractivity contribution in [3.8, 4) is 5.75 Å². The molecular weight excluding hydrogens is 400 g/mol. The van der Waals surface area contributed by atoms with Crippen LogP contribution in [0.2, 0.25) is 0 Å². The SMILES string of the molecule is COCC(=O)N(CC1CN(Cc2ccccc2O)CC1c1ccccc1)C1CCCCC1.